The van der Waals surface area contributed by atoms with E-state index in [-0.39, 0.29) is 28.8 Å². The third-order valence-corrected chi connectivity index (χ3v) is 4.79. The number of carbonyl (C=O) groups excluding carboxylic acids is 1. The molecule has 2 aromatic rings. The van der Waals surface area contributed by atoms with Gasteiger partial charge in [-0.25, -0.2) is 0 Å². The molecule has 1 aromatic carbocycles. The molecule has 0 spiro atoms. The van der Waals surface area contributed by atoms with Crippen molar-refractivity contribution >= 4 is 27.7 Å². The SMILES string of the molecule is COc1ccc(OC)c(C(C)NC(=O)Cn2nc([N+](=O)[O-])c(Br)c2C)c1. The predicted octanol–water partition coefficient (Wildman–Crippen LogP) is 2.76. The van der Waals surface area contributed by atoms with E-state index in [4.69, 9.17) is 9.47 Å². The summed E-state index contributed by atoms with van der Waals surface area (Å²) in [5.41, 5.74) is 1.25. The molecule has 0 aliphatic rings. The van der Waals surface area contributed by atoms with Crippen molar-refractivity contribution in [1.29, 1.82) is 0 Å². The summed E-state index contributed by atoms with van der Waals surface area (Å²) in [7, 11) is 3.10. The maximum atomic E-state index is 12.4. The topological polar surface area (TPSA) is 109 Å². The first-order valence-corrected chi connectivity index (χ1v) is 8.46. The van der Waals surface area contributed by atoms with Crippen LogP contribution in [0.4, 0.5) is 5.82 Å². The average molecular weight is 427 g/mol. The molecule has 1 atom stereocenters. The minimum atomic E-state index is -0.602. The van der Waals surface area contributed by atoms with Gasteiger partial charge >= 0.3 is 5.82 Å². The molecule has 0 saturated heterocycles. The highest BCUT2D eigenvalue weighted by Crippen LogP contribution is 2.29. The van der Waals surface area contributed by atoms with Gasteiger partial charge in [0.25, 0.3) is 0 Å². The van der Waals surface area contributed by atoms with Gasteiger partial charge in [0.05, 0.1) is 31.1 Å². The molecule has 1 aromatic heterocycles. The van der Waals surface area contributed by atoms with Gasteiger partial charge in [0, 0.05) is 5.56 Å². The molecule has 1 unspecified atom stereocenters. The lowest BCUT2D eigenvalue weighted by Crippen LogP contribution is -2.31. The van der Waals surface area contributed by atoms with E-state index in [1.807, 2.05) is 6.92 Å². The Labute approximate surface area is 158 Å². The van der Waals surface area contributed by atoms with Crippen LogP contribution in [0, 0.1) is 17.0 Å². The molecule has 2 rings (SSSR count). The number of methoxy groups -OCH3 is 2. The molecule has 1 heterocycles. The van der Waals surface area contributed by atoms with E-state index in [1.54, 1.807) is 39.3 Å². The third kappa shape index (κ3) is 4.13. The molecule has 0 radical (unpaired) electrons. The predicted molar refractivity (Wildman–Crippen MR) is 97.4 cm³/mol. The minimum absolute atomic E-state index is 0.144. The Morgan fingerprint density at radius 3 is 2.65 bits per heavy atom. The van der Waals surface area contributed by atoms with Gasteiger partial charge in [-0.05, 0) is 52.9 Å². The van der Waals surface area contributed by atoms with Gasteiger partial charge in [-0.15, -0.1) is 0 Å². The molecule has 1 N–H and O–H groups in total. The number of halogens is 1. The largest absolute Gasteiger partial charge is 0.497 e. The van der Waals surface area contributed by atoms with Crippen LogP contribution >= 0.6 is 15.9 Å². The number of nitro groups is 1. The van der Waals surface area contributed by atoms with Crippen LogP contribution in [0.2, 0.25) is 0 Å². The van der Waals surface area contributed by atoms with Crippen molar-refractivity contribution in [3.05, 3.63) is 44.0 Å². The van der Waals surface area contributed by atoms with Crippen molar-refractivity contribution in [2.75, 3.05) is 14.2 Å². The second-order valence-electron chi connectivity index (χ2n) is 5.53. The quantitative estimate of drug-likeness (QED) is 0.538. The fourth-order valence-electron chi connectivity index (χ4n) is 2.46. The summed E-state index contributed by atoms with van der Waals surface area (Å²) in [6.45, 7) is 3.31. The zero-order chi connectivity index (χ0) is 19.4. The van der Waals surface area contributed by atoms with Crippen LogP contribution in [0.15, 0.2) is 22.7 Å². The third-order valence-electron chi connectivity index (χ3n) is 3.86. The summed E-state index contributed by atoms with van der Waals surface area (Å²) < 4.78 is 12.1. The number of nitrogens with one attached hydrogen (secondary N) is 1. The summed E-state index contributed by atoms with van der Waals surface area (Å²) in [6, 6.07) is 4.95. The van der Waals surface area contributed by atoms with Crippen molar-refractivity contribution in [1.82, 2.24) is 15.1 Å². The molecule has 0 bridgehead atoms. The second-order valence-corrected chi connectivity index (χ2v) is 6.33. The van der Waals surface area contributed by atoms with E-state index >= 15 is 0 Å². The van der Waals surface area contributed by atoms with Crippen LogP contribution in [-0.2, 0) is 11.3 Å². The first kappa shape index (κ1) is 19.7. The Morgan fingerprint density at radius 1 is 1.42 bits per heavy atom. The first-order valence-electron chi connectivity index (χ1n) is 7.67. The highest BCUT2D eigenvalue weighted by Gasteiger charge is 2.25. The van der Waals surface area contributed by atoms with E-state index in [0.717, 1.165) is 5.56 Å². The number of hydrogen-bond acceptors (Lipinski definition) is 6. The highest BCUT2D eigenvalue weighted by atomic mass is 79.9. The van der Waals surface area contributed by atoms with Crippen LogP contribution in [0.3, 0.4) is 0 Å². The summed E-state index contributed by atoms with van der Waals surface area (Å²) in [6.07, 6.45) is 0. The van der Waals surface area contributed by atoms with E-state index in [2.05, 4.69) is 26.3 Å². The molecular weight excluding hydrogens is 408 g/mol. The van der Waals surface area contributed by atoms with Crippen molar-refractivity contribution < 1.29 is 19.2 Å². The minimum Gasteiger partial charge on any atom is -0.497 e. The molecule has 10 heteroatoms. The molecule has 0 saturated carbocycles. The van der Waals surface area contributed by atoms with Crippen LogP contribution in [-0.4, -0.2) is 34.8 Å². The molecular formula is C16H19BrN4O5. The van der Waals surface area contributed by atoms with Crippen LogP contribution in [0.5, 0.6) is 11.5 Å². The summed E-state index contributed by atoms with van der Waals surface area (Å²) in [4.78, 5) is 22.7. The number of ether oxygens (including phenoxy) is 2. The Morgan fingerprint density at radius 2 is 2.12 bits per heavy atom. The van der Waals surface area contributed by atoms with Gasteiger partial charge in [-0.3, -0.25) is 4.79 Å². The van der Waals surface area contributed by atoms with Gasteiger partial charge < -0.3 is 24.9 Å². The van der Waals surface area contributed by atoms with Crippen molar-refractivity contribution in [2.45, 2.75) is 26.4 Å². The summed E-state index contributed by atoms with van der Waals surface area (Å²) >= 11 is 3.13. The van der Waals surface area contributed by atoms with Gasteiger partial charge in [0.2, 0.25) is 5.91 Å². The summed E-state index contributed by atoms with van der Waals surface area (Å²) in [5, 5.41) is 17.6. The Hall–Kier alpha value is -2.62. The van der Waals surface area contributed by atoms with E-state index in [9.17, 15) is 14.9 Å². The van der Waals surface area contributed by atoms with E-state index in [0.29, 0.717) is 17.2 Å². The van der Waals surface area contributed by atoms with Crippen LogP contribution in [0.25, 0.3) is 0 Å². The van der Waals surface area contributed by atoms with Crippen molar-refractivity contribution in [2.24, 2.45) is 0 Å². The number of rotatable bonds is 7. The molecule has 1 amide bonds. The molecule has 140 valence electrons. The zero-order valence-corrected chi connectivity index (χ0v) is 16.4. The van der Waals surface area contributed by atoms with E-state index < -0.39 is 4.92 Å². The molecule has 0 aliphatic heterocycles. The first-order chi connectivity index (χ1) is 12.3. The summed E-state index contributed by atoms with van der Waals surface area (Å²) in [5.74, 6) is 0.602. The zero-order valence-electron chi connectivity index (χ0n) is 14.8. The maximum Gasteiger partial charge on any atom is 0.404 e. The number of nitrogens with zero attached hydrogens (tertiary/aromatic N) is 3. The standard InChI is InChI=1S/C16H19BrN4O5/c1-9(12-7-11(25-3)5-6-13(12)26-4)18-14(22)8-20-10(2)15(17)16(19-20)21(23)24/h5-7,9H,8H2,1-4H3,(H,18,22). The second kappa shape index (κ2) is 8.17. The number of amides is 1. The van der Waals surface area contributed by atoms with Crippen LogP contribution in [0.1, 0.15) is 24.2 Å². The number of carbonyl (C=O) groups is 1. The van der Waals surface area contributed by atoms with Gasteiger partial charge in [-0.1, -0.05) is 0 Å². The maximum absolute atomic E-state index is 12.4. The highest BCUT2D eigenvalue weighted by molar-refractivity contribution is 9.10. The normalized spacial score (nSPS) is 11.7. The van der Waals surface area contributed by atoms with Crippen molar-refractivity contribution in [3.63, 3.8) is 0 Å². The monoisotopic (exact) mass is 426 g/mol. The molecule has 0 fully saturated rings. The fourth-order valence-corrected chi connectivity index (χ4v) is 2.89. The number of benzene rings is 1. The fraction of sp³-hybridized carbons (Fsp3) is 0.375. The lowest BCUT2D eigenvalue weighted by molar-refractivity contribution is -0.390. The van der Waals surface area contributed by atoms with Gasteiger partial charge in [0.1, 0.15) is 22.5 Å². The Kier molecular flexibility index (Phi) is 6.19. The number of aromatic nitrogens is 2. The lowest BCUT2D eigenvalue weighted by atomic mass is 10.1. The molecule has 26 heavy (non-hydrogen) atoms. The number of hydrogen-bond donors (Lipinski definition) is 1. The molecule has 0 aliphatic carbocycles. The van der Waals surface area contributed by atoms with Gasteiger partial charge in [0.15, 0.2) is 0 Å². The Bertz CT molecular complexity index is 836. The smallest absolute Gasteiger partial charge is 0.404 e. The molecule has 9 nitrogen and oxygen atoms in total. The van der Waals surface area contributed by atoms with Crippen LogP contribution < -0.4 is 14.8 Å². The van der Waals surface area contributed by atoms with E-state index in [1.165, 1.54) is 4.68 Å². The van der Waals surface area contributed by atoms with Gasteiger partial charge in [-0.2, -0.15) is 4.68 Å². The average Bonchev–Trinajstić information content (AvgIpc) is 2.89. The Balaban J connectivity index is 2.16. The lowest BCUT2D eigenvalue weighted by Gasteiger charge is -2.18. The van der Waals surface area contributed by atoms with Crippen molar-refractivity contribution in [3.8, 4) is 11.5 Å².